The minimum atomic E-state index is -0.460. The van der Waals surface area contributed by atoms with E-state index in [-0.39, 0.29) is 24.1 Å². The standard InChI is InChI=1S/C20H19N5O4/c1-24(11-14-5-3-2-4-6-14)20-18(25(26)27)19(22-12-23-20)21-10-15-7-8-16-17(9-15)29-13-28-16/h2-9,12H,10-11,13H2,1H3,(H,21,22,23). The lowest BCUT2D eigenvalue weighted by molar-refractivity contribution is -0.383. The first-order valence-electron chi connectivity index (χ1n) is 8.98. The Labute approximate surface area is 167 Å². The number of rotatable bonds is 7. The van der Waals surface area contributed by atoms with Gasteiger partial charge in [-0.05, 0) is 23.3 Å². The van der Waals surface area contributed by atoms with Gasteiger partial charge in [-0.3, -0.25) is 10.1 Å². The first kappa shape index (κ1) is 18.5. The van der Waals surface area contributed by atoms with Crippen molar-refractivity contribution in [2.24, 2.45) is 0 Å². The zero-order valence-corrected chi connectivity index (χ0v) is 15.7. The van der Waals surface area contributed by atoms with Gasteiger partial charge in [0.05, 0.1) is 4.92 Å². The van der Waals surface area contributed by atoms with E-state index in [1.54, 1.807) is 11.9 Å². The van der Waals surface area contributed by atoms with Crippen molar-refractivity contribution in [2.45, 2.75) is 13.1 Å². The lowest BCUT2D eigenvalue weighted by Crippen LogP contribution is -2.20. The maximum absolute atomic E-state index is 11.8. The number of fused-ring (bicyclic) bond motifs is 1. The van der Waals surface area contributed by atoms with Crippen molar-refractivity contribution in [1.29, 1.82) is 0 Å². The molecule has 4 rings (SSSR count). The van der Waals surface area contributed by atoms with Crippen LogP contribution < -0.4 is 19.7 Å². The van der Waals surface area contributed by atoms with Crippen LogP contribution in [0.3, 0.4) is 0 Å². The topological polar surface area (TPSA) is 103 Å². The van der Waals surface area contributed by atoms with Crippen LogP contribution in [0.1, 0.15) is 11.1 Å². The summed E-state index contributed by atoms with van der Waals surface area (Å²) in [6.45, 7) is 1.03. The molecule has 9 heteroatoms. The lowest BCUT2D eigenvalue weighted by atomic mass is 10.2. The van der Waals surface area contributed by atoms with E-state index in [1.807, 2.05) is 48.5 Å². The normalized spacial score (nSPS) is 11.9. The molecule has 1 N–H and O–H groups in total. The SMILES string of the molecule is CN(Cc1ccccc1)c1ncnc(NCc2ccc3c(c2)OCO3)c1[N+](=O)[O-]. The fourth-order valence-corrected chi connectivity index (χ4v) is 3.12. The molecule has 9 nitrogen and oxygen atoms in total. The molecule has 0 unspecified atom stereocenters. The minimum absolute atomic E-state index is 0.160. The molecule has 0 aliphatic carbocycles. The van der Waals surface area contributed by atoms with Gasteiger partial charge in [-0.1, -0.05) is 36.4 Å². The average molecular weight is 393 g/mol. The number of ether oxygens (including phenoxy) is 2. The highest BCUT2D eigenvalue weighted by Gasteiger charge is 2.25. The van der Waals surface area contributed by atoms with Gasteiger partial charge in [0, 0.05) is 20.1 Å². The van der Waals surface area contributed by atoms with Crippen LogP contribution in [0.4, 0.5) is 17.3 Å². The van der Waals surface area contributed by atoms with E-state index >= 15 is 0 Å². The van der Waals surface area contributed by atoms with E-state index in [2.05, 4.69) is 15.3 Å². The summed E-state index contributed by atoms with van der Waals surface area (Å²) in [5.41, 5.74) is 1.76. The monoisotopic (exact) mass is 393 g/mol. The average Bonchev–Trinajstić information content (AvgIpc) is 3.20. The second-order valence-electron chi connectivity index (χ2n) is 6.53. The molecule has 2 aromatic carbocycles. The van der Waals surface area contributed by atoms with Crippen LogP contribution in [-0.2, 0) is 13.1 Å². The van der Waals surface area contributed by atoms with Crippen LogP contribution in [0, 0.1) is 10.1 Å². The fraction of sp³-hybridized carbons (Fsp3) is 0.200. The largest absolute Gasteiger partial charge is 0.454 e. The van der Waals surface area contributed by atoms with Crippen LogP contribution in [0.2, 0.25) is 0 Å². The summed E-state index contributed by atoms with van der Waals surface area (Å²) >= 11 is 0. The Morgan fingerprint density at radius 2 is 1.90 bits per heavy atom. The highest BCUT2D eigenvalue weighted by atomic mass is 16.7. The van der Waals surface area contributed by atoms with Crippen LogP contribution >= 0.6 is 0 Å². The predicted molar refractivity (Wildman–Crippen MR) is 107 cm³/mol. The first-order valence-corrected chi connectivity index (χ1v) is 8.98. The van der Waals surface area contributed by atoms with Crippen molar-refractivity contribution in [3.63, 3.8) is 0 Å². The van der Waals surface area contributed by atoms with E-state index in [0.717, 1.165) is 11.1 Å². The summed E-state index contributed by atoms with van der Waals surface area (Å²) in [5.74, 6) is 1.76. The summed E-state index contributed by atoms with van der Waals surface area (Å²) in [5, 5.41) is 14.8. The van der Waals surface area contributed by atoms with Crippen molar-refractivity contribution < 1.29 is 14.4 Å². The third kappa shape index (κ3) is 4.03. The maximum atomic E-state index is 11.8. The van der Waals surface area contributed by atoms with Gasteiger partial charge in [-0.25, -0.2) is 9.97 Å². The molecule has 1 aliphatic heterocycles. The molecule has 0 bridgehead atoms. The predicted octanol–water partition coefficient (Wildman–Crippen LogP) is 3.36. The third-order valence-electron chi connectivity index (χ3n) is 4.51. The van der Waals surface area contributed by atoms with Crippen molar-refractivity contribution in [2.75, 3.05) is 24.1 Å². The Balaban J connectivity index is 1.55. The van der Waals surface area contributed by atoms with Gasteiger partial charge in [0.1, 0.15) is 6.33 Å². The number of anilines is 2. The van der Waals surface area contributed by atoms with Crippen LogP contribution in [0.25, 0.3) is 0 Å². The summed E-state index contributed by atoms with van der Waals surface area (Å²) in [7, 11) is 1.77. The summed E-state index contributed by atoms with van der Waals surface area (Å²) in [6.07, 6.45) is 1.33. The lowest BCUT2D eigenvalue weighted by Gasteiger charge is -2.19. The highest BCUT2D eigenvalue weighted by molar-refractivity contribution is 5.70. The molecule has 0 spiro atoms. The van der Waals surface area contributed by atoms with Gasteiger partial charge in [-0.2, -0.15) is 0 Å². The molecule has 0 amide bonds. The Morgan fingerprint density at radius 1 is 1.10 bits per heavy atom. The van der Waals surface area contributed by atoms with Crippen LogP contribution in [0.15, 0.2) is 54.9 Å². The molecule has 29 heavy (non-hydrogen) atoms. The van der Waals surface area contributed by atoms with Gasteiger partial charge in [0.2, 0.25) is 18.4 Å². The molecule has 0 saturated heterocycles. The molecule has 2 heterocycles. The molecule has 0 saturated carbocycles. The van der Waals surface area contributed by atoms with E-state index < -0.39 is 4.92 Å². The van der Waals surface area contributed by atoms with Crippen LogP contribution in [0.5, 0.6) is 11.5 Å². The van der Waals surface area contributed by atoms with E-state index in [9.17, 15) is 10.1 Å². The summed E-state index contributed by atoms with van der Waals surface area (Å²) in [4.78, 5) is 21.3. The molecular formula is C20H19N5O4. The van der Waals surface area contributed by atoms with Gasteiger partial charge in [0.25, 0.3) is 0 Å². The molecule has 0 radical (unpaired) electrons. The highest BCUT2D eigenvalue weighted by Crippen LogP contribution is 2.34. The van der Waals surface area contributed by atoms with E-state index in [4.69, 9.17) is 9.47 Å². The molecular weight excluding hydrogens is 374 g/mol. The van der Waals surface area contributed by atoms with Crippen molar-refractivity contribution in [3.05, 3.63) is 76.1 Å². The Kier molecular flexibility index (Phi) is 5.10. The molecule has 148 valence electrons. The van der Waals surface area contributed by atoms with Crippen molar-refractivity contribution in [1.82, 2.24) is 9.97 Å². The fourth-order valence-electron chi connectivity index (χ4n) is 3.12. The zero-order valence-electron chi connectivity index (χ0n) is 15.7. The Hall–Kier alpha value is -3.88. The molecule has 0 atom stereocenters. The number of hydrogen-bond acceptors (Lipinski definition) is 8. The summed E-state index contributed by atoms with van der Waals surface area (Å²) in [6, 6.07) is 15.2. The zero-order chi connectivity index (χ0) is 20.2. The number of nitrogens with zero attached hydrogens (tertiary/aromatic N) is 4. The van der Waals surface area contributed by atoms with Gasteiger partial charge in [-0.15, -0.1) is 0 Å². The molecule has 1 aliphatic rings. The molecule has 0 fully saturated rings. The van der Waals surface area contributed by atoms with Gasteiger partial charge in [0.15, 0.2) is 11.5 Å². The molecule has 3 aromatic rings. The Bertz CT molecular complexity index is 1030. The van der Waals surface area contributed by atoms with Crippen LogP contribution in [-0.4, -0.2) is 28.7 Å². The number of nitro groups is 1. The second kappa shape index (κ2) is 8.01. The summed E-state index contributed by atoms with van der Waals surface area (Å²) < 4.78 is 10.7. The quantitative estimate of drug-likeness (QED) is 0.481. The van der Waals surface area contributed by atoms with E-state index in [1.165, 1.54) is 6.33 Å². The number of hydrogen-bond donors (Lipinski definition) is 1. The maximum Gasteiger partial charge on any atom is 0.353 e. The number of aromatic nitrogens is 2. The third-order valence-corrected chi connectivity index (χ3v) is 4.51. The van der Waals surface area contributed by atoms with Gasteiger partial charge >= 0.3 is 5.69 Å². The number of nitrogens with one attached hydrogen (secondary N) is 1. The number of benzene rings is 2. The molecule has 1 aromatic heterocycles. The van der Waals surface area contributed by atoms with Crippen molar-refractivity contribution in [3.8, 4) is 11.5 Å². The first-order chi connectivity index (χ1) is 14.1. The second-order valence-corrected chi connectivity index (χ2v) is 6.53. The van der Waals surface area contributed by atoms with Gasteiger partial charge < -0.3 is 19.7 Å². The van der Waals surface area contributed by atoms with E-state index in [0.29, 0.717) is 24.6 Å². The minimum Gasteiger partial charge on any atom is -0.454 e. The Morgan fingerprint density at radius 3 is 2.69 bits per heavy atom. The van der Waals surface area contributed by atoms with Crippen molar-refractivity contribution >= 4 is 17.3 Å². The smallest absolute Gasteiger partial charge is 0.353 e.